The molecule has 25 heavy (non-hydrogen) atoms. The normalized spacial score (nSPS) is 22.0. The summed E-state index contributed by atoms with van der Waals surface area (Å²) in [7, 11) is -3.25. The molecule has 0 bridgehead atoms. The van der Waals surface area contributed by atoms with Crippen LogP contribution in [0.5, 0.6) is 0 Å². The summed E-state index contributed by atoms with van der Waals surface area (Å²) in [5.74, 6) is -1.42. The quantitative estimate of drug-likeness (QED) is 0.794. The molecule has 0 saturated carbocycles. The molecular formula is C15H22N4O5S. The van der Waals surface area contributed by atoms with Crippen molar-refractivity contribution in [1.82, 2.24) is 19.0 Å². The topological polar surface area (TPSA) is 113 Å². The number of carboxylic acid groups (broad SMARTS) is 1. The lowest BCUT2D eigenvalue weighted by Crippen LogP contribution is -2.46. The molecule has 1 aromatic heterocycles. The molecule has 1 saturated heterocycles. The Hall–Kier alpha value is -1.94. The molecule has 3 heterocycles. The van der Waals surface area contributed by atoms with Crippen molar-refractivity contribution < 1.29 is 23.1 Å². The minimum Gasteiger partial charge on any atom is -0.476 e. The van der Waals surface area contributed by atoms with Gasteiger partial charge >= 0.3 is 5.97 Å². The van der Waals surface area contributed by atoms with Gasteiger partial charge in [-0.15, -0.1) is 0 Å². The van der Waals surface area contributed by atoms with Gasteiger partial charge < -0.3 is 10.0 Å². The number of fused-ring (bicyclic) bond motifs is 1. The summed E-state index contributed by atoms with van der Waals surface area (Å²) >= 11 is 0. The van der Waals surface area contributed by atoms with E-state index in [9.17, 15) is 18.0 Å². The first-order chi connectivity index (χ1) is 11.8. The van der Waals surface area contributed by atoms with Crippen molar-refractivity contribution in [3.63, 3.8) is 0 Å². The first kappa shape index (κ1) is 17.9. The molecule has 1 amide bonds. The van der Waals surface area contributed by atoms with Gasteiger partial charge in [-0.1, -0.05) is 6.42 Å². The first-order valence-electron chi connectivity index (χ1n) is 8.34. The maximum atomic E-state index is 12.5. The van der Waals surface area contributed by atoms with Crippen LogP contribution in [0, 0.1) is 0 Å². The second kappa shape index (κ2) is 6.75. The Kier molecular flexibility index (Phi) is 4.83. The van der Waals surface area contributed by atoms with E-state index in [1.165, 1.54) is 21.3 Å². The third kappa shape index (κ3) is 3.69. The maximum Gasteiger partial charge on any atom is 0.356 e. The van der Waals surface area contributed by atoms with Crippen LogP contribution in [0.1, 0.15) is 46.7 Å². The molecule has 9 nitrogen and oxygen atoms in total. The SMILES string of the molecule is CS(=O)(=O)N1CCCCC1CCN1CCn2nc(C(=O)O)cc2C1=O. The molecule has 0 radical (unpaired) electrons. The summed E-state index contributed by atoms with van der Waals surface area (Å²) in [6.45, 7) is 1.86. The average molecular weight is 370 g/mol. The number of rotatable bonds is 5. The maximum absolute atomic E-state index is 12.5. The summed E-state index contributed by atoms with van der Waals surface area (Å²) in [5.41, 5.74) is 0.132. The number of hydrogen-bond donors (Lipinski definition) is 1. The highest BCUT2D eigenvalue weighted by Gasteiger charge is 2.32. The van der Waals surface area contributed by atoms with Gasteiger partial charge in [0, 0.05) is 31.7 Å². The Morgan fingerprint density at radius 3 is 2.76 bits per heavy atom. The monoisotopic (exact) mass is 370 g/mol. The van der Waals surface area contributed by atoms with E-state index < -0.39 is 16.0 Å². The number of carbonyl (C=O) groups excluding carboxylic acids is 1. The van der Waals surface area contributed by atoms with Crippen molar-refractivity contribution in [3.8, 4) is 0 Å². The fraction of sp³-hybridized carbons (Fsp3) is 0.667. The molecule has 0 aromatic carbocycles. The largest absolute Gasteiger partial charge is 0.476 e. The molecule has 1 fully saturated rings. The van der Waals surface area contributed by atoms with E-state index in [0.717, 1.165) is 19.3 Å². The van der Waals surface area contributed by atoms with Crippen LogP contribution in [0.4, 0.5) is 0 Å². The van der Waals surface area contributed by atoms with E-state index in [-0.39, 0.29) is 23.3 Å². The predicted octanol–water partition coefficient (Wildman–Crippen LogP) is 0.241. The van der Waals surface area contributed by atoms with Crippen molar-refractivity contribution in [3.05, 3.63) is 17.5 Å². The molecule has 1 aromatic rings. The molecule has 0 aliphatic carbocycles. The van der Waals surface area contributed by atoms with E-state index in [1.54, 1.807) is 4.90 Å². The number of aromatic nitrogens is 2. The van der Waals surface area contributed by atoms with Crippen molar-refractivity contribution in [2.75, 3.05) is 25.9 Å². The number of hydrogen-bond acceptors (Lipinski definition) is 5. The highest BCUT2D eigenvalue weighted by atomic mass is 32.2. The van der Waals surface area contributed by atoms with Crippen molar-refractivity contribution in [1.29, 1.82) is 0 Å². The molecule has 1 unspecified atom stereocenters. The van der Waals surface area contributed by atoms with Crippen molar-refractivity contribution in [2.45, 2.75) is 38.3 Å². The lowest BCUT2D eigenvalue weighted by molar-refractivity contribution is 0.0668. The summed E-state index contributed by atoms with van der Waals surface area (Å²) in [5, 5.41) is 12.9. The Morgan fingerprint density at radius 1 is 1.32 bits per heavy atom. The van der Waals surface area contributed by atoms with E-state index in [4.69, 9.17) is 5.11 Å². The third-order valence-corrected chi connectivity index (χ3v) is 6.15. The highest BCUT2D eigenvalue weighted by molar-refractivity contribution is 7.88. The summed E-state index contributed by atoms with van der Waals surface area (Å²) < 4.78 is 26.8. The fourth-order valence-corrected chi connectivity index (χ4v) is 4.77. The van der Waals surface area contributed by atoms with Crippen LogP contribution in [-0.4, -0.2) is 76.3 Å². The van der Waals surface area contributed by atoms with Crippen LogP contribution in [0.2, 0.25) is 0 Å². The van der Waals surface area contributed by atoms with Crippen molar-refractivity contribution >= 4 is 21.9 Å². The van der Waals surface area contributed by atoms with Gasteiger partial charge in [0.15, 0.2) is 5.69 Å². The van der Waals surface area contributed by atoms with Crippen LogP contribution >= 0.6 is 0 Å². The first-order valence-corrected chi connectivity index (χ1v) is 10.2. The highest BCUT2D eigenvalue weighted by Crippen LogP contribution is 2.23. The van der Waals surface area contributed by atoms with Crippen LogP contribution in [-0.2, 0) is 16.6 Å². The van der Waals surface area contributed by atoms with Crippen molar-refractivity contribution in [2.24, 2.45) is 0 Å². The lowest BCUT2D eigenvalue weighted by Gasteiger charge is -2.35. The zero-order valence-electron chi connectivity index (χ0n) is 14.1. The smallest absolute Gasteiger partial charge is 0.356 e. The van der Waals surface area contributed by atoms with Gasteiger partial charge in [-0.3, -0.25) is 9.48 Å². The number of aromatic carboxylic acids is 1. The predicted molar refractivity (Wildman–Crippen MR) is 88.9 cm³/mol. The van der Waals surface area contributed by atoms with Gasteiger partial charge in [0.25, 0.3) is 5.91 Å². The minimum absolute atomic E-state index is 0.0852. The Morgan fingerprint density at radius 2 is 2.08 bits per heavy atom. The molecule has 1 atom stereocenters. The van der Waals surface area contributed by atoms with Gasteiger partial charge in [0.1, 0.15) is 5.69 Å². The third-order valence-electron chi connectivity index (χ3n) is 4.82. The molecule has 3 rings (SSSR count). The van der Waals surface area contributed by atoms with E-state index in [0.29, 0.717) is 32.6 Å². The average Bonchev–Trinajstić information content (AvgIpc) is 2.99. The second-order valence-corrected chi connectivity index (χ2v) is 8.48. The van der Waals surface area contributed by atoms with Gasteiger partial charge in [-0.2, -0.15) is 9.40 Å². The van der Waals surface area contributed by atoms with E-state index >= 15 is 0 Å². The van der Waals surface area contributed by atoms with Gasteiger partial charge in [0.2, 0.25) is 10.0 Å². The Balaban J connectivity index is 1.67. The van der Waals surface area contributed by atoms with E-state index in [2.05, 4.69) is 5.10 Å². The summed E-state index contributed by atoms with van der Waals surface area (Å²) in [6, 6.07) is 1.21. The van der Waals surface area contributed by atoms with Crippen LogP contribution in [0.15, 0.2) is 6.07 Å². The molecule has 138 valence electrons. The fourth-order valence-electron chi connectivity index (χ4n) is 3.56. The van der Waals surface area contributed by atoms with Gasteiger partial charge in [0.05, 0.1) is 12.8 Å². The number of carboxylic acids is 1. The molecule has 1 N–H and O–H groups in total. The number of nitrogens with zero attached hydrogens (tertiary/aromatic N) is 4. The molecular weight excluding hydrogens is 348 g/mol. The van der Waals surface area contributed by atoms with E-state index in [1.807, 2.05) is 0 Å². The Bertz CT molecular complexity index is 788. The lowest BCUT2D eigenvalue weighted by atomic mass is 10.0. The van der Waals surface area contributed by atoms with Gasteiger partial charge in [-0.05, 0) is 19.3 Å². The summed E-state index contributed by atoms with van der Waals surface area (Å²) in [6.07, 6.45) is 4.46. The van der Waals surface area contributed by atoms with Crippen LogP contribution in [0.3, 0.4) is 0 Å². The zero-order valence-corrected chi connectivity index (χ0v) is 14.9. The second-order valence-electron chi connectivity index (χ2n) is 6.55. The number of amides is 1. The Labute approximate surface area is 146 Å². The molecule has 10 heteroatoms. The van der Waals surface area contributed by atoms with Crippen LogP contribution in [0.25, 0.3) is 0 Å². The number of carbonyl (C=O) groups is 2. The summed E-state index contributed by atoms with van der Waals surface area (Å²) in [4.78, 5) is 25.2. The minimum atomic E-state index is -3.25. The zero-order chi connectivity index (χ0) is 18.2. The van der Waals surface area contributed by atoms with Crippen LogP contribution < -0.4 is 0 Å². The standard InChI is InChI=1S/C15H22N4O5S/c1-25(23,24)19-6-3-2-4-11(19)5-7-17-8-9-18-13(14(17)20)10-12(16-18)15(21)22/h10-11H,2-9H2,1H3,(H,21,22). The molecule has 2 aliphatic heterocycles. The number of sulfonamides is 1. The molecule has 0 spiro atoms. The molecule has 2 aliphatic rings. The number of piperidine rings is 1. The van der Waals surface area contributed by atoms with Gasteiger partial charge in [-0.25, -0.2) is 13.2 Å².